The highest BCUT2D eigenvalue weighted by molar-refractivity contribution is 6.03. The highest BCUT2D eigenvalue weighted by Gasteiger charge is 2.10. The van der Waals surface area contributed by atoms with Crippen molar-refractivity contribution in [2.75, 3.05) is 5.01 Å². The van der Waals surface area contributed by atoms with Crippen LogP contribution in [-0.2, 0) is 0 Å². The van der Waals surface area contributed by atoms with E-state index in [1.54, 1.807) is 12.1 Å². The fourth-order valence-electron chi connectivity index (χ4n) is 2.63. The van der Waals surface area contributed by atoms with Crippen molar-refractivity contribution in [2.45, 2.75) is 20.3 Å². The molecule has 0 saturated heterocycles. The van der Waals surface area contributed by atoms with Gasteiger partial charge in [-0.1, -0.05) is 36.4 Å². The molecule has 0 bridgehead atoms. The van der Waals surface area contributed by atoms with Crippen LogP contribution in [0.4, 0.5) is 11.4 Å². The summed E-state index contributed by atoms with van der Waals surface area (Å²) in [5, 5.41) is 10.8. The van der Waals surface area contributed by atoms with Crippen LogP contribution in [-0.4, -0.2) is 17.3 Å². The van der Waals surface area contributed by atoms with Gasteiger partial charge in [-0.15, -0.1) is 0 Å². The summed E-state index contributed by atoms with van der Waals surface area (Å²) >= 11 is 0. The molecular formula is C22H22N4O2. The number of benzene rings is 2. The lowest BCUT2D eigenvalue weighted by molar-refractivity contribution is 0.0927. The van der Waals surface area contributed by atoms with Gasteiger partial charge < -0.3 is 4.42 Å². The maximum absolute atomic E-state index is 11.9. The molecule has 6 nitrogen and oxygen atoms in total. The smallest absolute Gasteiger partial charge is 0.307 e. The molecule has 1 amide bonds. The molecule has 0 aliphatic heterocycles. The number of carbonyl (C=O) groups is 1. The minimum Gasteiger partial charge on any atom is -0.459 e. The molecule has 3 aromatic rings. The van der Waals surface area contributed by atoms with Gasteiger partial charge in [0.15, 0.2) is 5.76 Å². The topological polar surface area (TPSA) is 70.2 Å². The van der Waals surface area contributed by atoms with E-state index < -0.39 is 0 Å². The lowest BCUT2D eigenvalue weighted by atomic mass is 10.2. The molecule has 142 valence electrons. The first-order valence-electron chi connectivity index (χ1n) is 8.95. The summed E-state index contributed by atoms with van der Waals surface area (Å²) in [5.74, 6) is -0.157. The summed E-state index contributed by atoms with van der Waals surface area (Å²) in [6, 6.07) is 23.1. The third-order valence-corrected chi connectivity index (χ3v) is 3.88. The first-order valence-corrected chi connectivity index (χ1v) is 8.95. The van der Waals surface area contributed by atoms with Crippen molar-refractivity contribution in [3.8, 4) is 0 Å². The number of hydrogen-bond acceptors (Lipinski definition) is 5. The Bertz CT molecular complexity index is 909. The molecule has 1 heterocycles. The van der Waals surface area contributed by atoms with Crippen molar-refractivity contribution in [2.24, 2.45) is 10.2 Å². The van der Waals surface area contributed by atoms with Crippen molar-refractivity contribution in [3.05, 3.63) is 84.8 Å². The van der Waals surface area contributed by atoms with Crippen LogP contribution in [0.25, 0.3) is 0 Å². The number of nitrogens with zero attached hydrogens (tertiary/aromatic N) is 3. The van der Waals surface area contributed by atoms with Gasteiger partial charge in [0.25, 0.3) is 0 Å². The van der Waals surface area contributed by atoms with Crippen LogP contribution in [0.5, 0.6) is 0 Å². The SMILES string of the molecule is C/C(C/C(C)=N\N(c1ccccc1)c1ccccc1)=N/NC(=O)c1ccco1. The van der Waals surface area contributed by atoms with Crippen molar-refractivity contribution >= 4 is 28.7 Å². The quantitative estimate of drug-likeness (QED) is 0.468. The molecule has 1 N–H and O–H groups in total. The van der Waals surface area contributed by atoms with Gasteiger partial charge in [-0.25, -0.2) is 10.4 Å². The van der Waals surface area contributed by atoms with Crippen LogP contribution in [0.2, 0.25) is 0 Å². The van der Waals surface area contributed by atoms with Gasteiger partial charge in [-0.3, -0.25) is 4.79 Å². The number of furan rings is 1. The fraction of sp³-hybridized carbons (Fsp3) is 0.136. The molecule has 0 spiro atoms. The number of carbonyl (C=O) groups excluding carboxylic acids is 1. The molecule has 28 heavy (non-hydrogen) atoms. The predicted molar refractivity (Wildman–Crippen MR) is 112 cm³/mol. The fourth-order valence-corrected chi connectivity index (χ4v) is 2.63. The normalized spacial score (nSPS) is 11.9. The zero-order valence-corrected chi connectivity index (χ0v) is 15.9. The second kappa shape index (κ2) is 9.32. The van der Waals surface area contributed by atoms with Gasteiger partial charge in [0.2, 0.25) is 0 Å². The van der Waals surface area contributed by atoms with E-state index in [1.807, 2.05) is 79.5 Å². The largest absolute Gasteiger partial charge is 0.459 e. The van der Waals surface area contributed by atoms with Crippen LogP contribution in [0, 0.1) is 0 Å². The first kappa shape index (κ1) is 19.1. The molecule has 0 radical (unpaired) electrons. The number of nitrogens with one attached hydrogen (secondary N) is 1. The molecule has 0 unspecified atom stereocenters. The Morgan fingerprint density at radius 1 is 0.893 bits per heavy atom. The highest BCUT2D eigenvalue weighted by Crippen LogP contribution is 2.25. The van der Waals surface area contributed by atoms with Gasteiger partial charge in [-0.05, 0) is 50.2 Å². The summed E-state index contributed by atoms with van der Waals surface area (Å²) in [4.78, 5) is 11.9. The molecule has 0 aliphatic rings. The van der Waals surface area contributed by atoms with E-state index in [2.05, 4.69) is 10.5 Å². The van der Waals surface area contributed by atoms with Crippen LogP contribution in [0.15, 0.2) is 93.7 Å². The van der Waals surface area contributed by atoms with E-state index in [-0.39, 0.29) is 11.7 Å². The molecule has 6 heteroatoms. The third-order valence-electron chi connectivity index (χ3n) is 3.88. The Morgan fingerprint density at radius 3 is 2.04 bits per heavy atom. The average Bonchev–Trinajstić information content (AvgIpc) is 3.26. The molecule has 0 fully saturated rings. The first-order chi connectivity index (χ1) is 13.6. The van der Waals surface area contributed by atoms with Crippen molar-refractivity contribution in [1.29, 1.82) is 0 Å². The second-order valence-electron chi connectivity index (χ2n) is 6.26. The number of para-hydroxylation sites is 2. The Kier molecular flexibility index (Phi) is 6.36. The summed E-state index contributed by atoms with van der Waals surface area (Å²) in [7, 11) is 0. The Morgan fingerprint density at radius 2 is 1.50 bits per heavy atom. The third kappa shape index (κ3) is 5.17. The Hall–Kier alpha value is -3.67. The molecule has 0 atom stereocenters. The van der Waals surface area contributed by atoms with Crippen LogP contribution in [0.3, 0.4) is 0 Å². The molecular weight excluding hydrogens is 352 g/mol. The summed E-state index contributed by atoms with van der Waals surface area (Å²) < 4.78 is 5.05. The average molecular weight is 374 g/mol. The van der Waals surface area contributed by atoms with Gasteiger partial charge in [-0.2, -0.15) is 10.2 Å². The predicted octanol–water partition coefficient (Wildman–Crippen LogP) is 4.99. The number of amides is 1. The molecule has 3 rings (SSSR count). The van der Waals surface area contributed by atoms with E-state index in [1.165, 1.54) is 6.26 Å². The zero-order chi connectivity index (χ0) is 19.8. The lowest BCUT2D eigenvalue weighted by Gasteiger charge is -2.20. The maximum Gasteiger partial charge on any atom is 0.307 e. The zero-order valence-electron chi connectivity index (χ0n) is 15.9. The van der Waals surface area contributed by atoms with E-state index in [4.69, 9.17) is 9.52 Å². The monoisotopic (exact) mass is 374 g/mol. The number of rotatable bonds is 7. The summed E-state index contributed by atoms with van der Waals surface area (Å²) in [5.41, 5.74) is 6.03. The Balaban J connectivity index is 1.73. The van der Waals surface area contributed by atoms with Gasteiger partial charge >= 0.3 is 5.91 Å². The second-order valence-corrected chi connectivity index (χ2v) is 6.26. The van der Waals surface area contributed by atoms with E-state index in [0.29, 0.717) is 6.42 Å². The van der Waals surface area contributed by atoms with Crippen LogP contribution < -0.4 is 10.4 Å². The van der Waals surface area contributed by atoms with Crippen molar-refractivity contribution in [1.82, 2.24) is 5.43 Å². The van der Waals surface area contributed by atoms with Crippen molar-refractivity contribution < 1.29 is 9.21 Å². The highest BCUT2D eigenvalue weighted by atomic mass is 16.3. The molecule has 2 aromatic carbocycles. The van der Waals surface area contributed by atoms with Gasteiger partial charge in [0.05, 0.1) is 17.6 Å². The van der Waals surface area contributed by atoms with Gasteiger partial charge in [0, 0.05) is 17.8 Å². The minimum atomic E-state index is -0.380. The van der Waals surface area contributed by atoms with Gasteiger partial charge in [0.1, 0.15) is 0 Å². The lowest BCUT2D eigenvalue weighted by Crippen LogP contribution is -2.19. The molecule has 1 aromatic heterocycles. The molecule has 0 aliphatic carbocycles. The maximum atomic E-state index is 11.9. The number of hydrogen-bond donors (Lipinski definition) is 1. The molecule has 0 saturated carbocycles. The minimum absolute atomic E-state index is 0.223. The van der Waals surface area contributed by atoms with E-state index >= 15 is 0 Å². The Labute approximate surface area is 164 Å². The van der Waals surface area contributed by atoms with E-state index in [9.17, 15) is 4.79 Å². The van der Waals surface area contributed by atoms with Crippen LogP contribution >= 0.6 is 0 Å². The summed E-state index contributed by atoms with van der Waals surface area (Å²) in [6.45, 7) is 3.78. The summed E-state index contributed by atoms with van der Waals surface area (Å²) in [6.07, 6.45) is 1.97. The number of anilines is 2. The van der Waals surface area contributed by atoms with Crippen molar-refractivity contribution in [3.63, 3.8) is 0 Å². The number of hydrazone groups is 2. The van der Waals surface area contributed by atoms with E-state index in [0.717, 1.165) is 22.8 Å². The standard InChI is InChI=1S/C22H22N4O2/c1-17(23-24-22(27)21-14-9-15-28-21)16-18(2)25-26(19-10-5-3-6-11-19)20-12-7-4-8-13-20/h3-15H,16H2,1-2H3,(H,24,27)/b23-17-,25-18-. The van der Waals surface area contributed by atoms with Crippen LogP contribution in [0.1, 0.15) is 30.8 Å².